The minimum absolute atomic E-state index is 0.162. The average Bonchev–Trinajstić information content (AvgIpc) is 2.40. The first kappa shape index (κ1) is 12.8. The van der Waals surface area contributed by atoms with Gasteiger partial charge in [0.15, 0.2) is 6.10 Å². The first-order chi connectivity index (χ1) is 9.61. The Morgan fingerprint density at radius 2 is 2.10 bits per heavy atom. The molecule has 0 radical (unpaired) electrons. The maximum atomic E-state index is 5.97. The van der Waals surface area contributed by atoms with Gasteiger partial charge in [0, 0.05) is 16.4 Å². The topological polar surface area (TPSA) is 59.6 Å². The van der Waals surface area contributed by atoms with Crippen LogP contribution < -0.4 is 15.8 Å². The minimum atomic E-state index is -0.162. The summed E-state index contributed by atoms with van der Waals surface area (Å²) in [6.45, 7) is 1.94. The lowest BCUT2D eigenvalue weighted by Gasteiger charge is -2.24. The molecule has 2 aromatic carbocycles. The molecule has 0 aromatic heterocycles. The first-order valence-electron chi connectivity index (χ1n) is 6.29. The van der Waals surface area contributed by atoms with Gasteiger partial charge in [0.1, 0.15) is 17.3 Å². The highest BCUT2D eigenvalue weighted by Crippen LogP contribution is 2.34. The standard InChI is InChI=1S/C15H14ClN3O/c1-9-15(18-12-4-2-3-10(16)7-12)19-13-8-11(17)5-6-14(13)20-9/h2-9H,17H2,1H3,(H,18,19). The molecule has 0 bridgehead atoms. The van der Waals surface area contributed by atoms with Crippen LogP contribution in [0.4, 0.5) is 17.1 Å². The molecular weight excluding hydrogens is 274 g/mol. The van der Waals surface area contributed by atoms with E-state index >= 15 is 0 Å². The highest BCUT2D eigenvalue weighted by molar-refractivity contribution is 6.30. The Morgan fingerprint density at radius 1 is 1.25 bits per heavy atom. The molecule has 4 nitrogen and oxygen atoms in total. The van der Waals surface area contributed by atoms with Gasteiger partial charge in [-0.15, -0.1) is 0 Å². The fourth-order valence-corrected chi connectivity index (χ4v) is 2.22. The van der Waals surface area contributed by atoms with Crippen molar-refractivity contribution in [3.8, 4) is 5.75 Å². The second-order valence-electron chi connectivity index (χ2n) is 4.62. The van der Waals surface area contributed by atoms with Crippen molar-refractivity contribution in [1.29, 1.82) is 0 Å². The van der Waals surface area contributed by atoms with E-state index in [1.54, 1.807) is 12.1 Å². The largest absolute Gasteiger partial charge is 0.481 e. The molecule has 1 heterocycles. The normalized spacial score (nSPS) is 16.9. The molecule has 3 N–H and O–H groups in total. The van der Waals surface area contributed by atoms with E-state index in [1.807, 2.05) is 37.3 Å². The van der Waals surface area contributed by atoms with Crippen LogP contribution >= 0.6 is 11.6 Å². The third-order valence-electron chi connectivity index (χ3n) is 3.01. The van der Waals surface area contributed by atoms with Gasteiger partial charge < -0.3 is 15.8 Å². The van der Waals surface area contributed by atoms with Gasteiger partial charge in [-0.3, -0.25) is 0 Å². The van der Waals surface area contributed by atoms with E-state index in [2.05, 4.69) is 10.3 Å². The number of aliphatic imine (C=N–C) groups is 1. The predicted molar refractivity (Wildman–Crippen MR) is 83.1 cm³/mol. The molecule has 0 amide bonds. The number of fused-ring (bicyclic) bond motifs is 1. The number of hydrogen-bond donors (Lipinski definition) is 2. The maximum Gasteiger partial charge on any atom is 0.153 e. The molecule has 5 heteroatoms. The zero-order valence-corrected chi connectivity index (χ0v) is 11.7. The number of nitrogens with one attached hydrogen (secondary N) is 1. The number of benzene rings is 2. The number of nitrogen functional groups attached to an aromatic ring is 1. The molecule has 0 aliphatic carbocycles. The van der Waals surface area contributed by atoms with Crippen LogP contribution in [0.2, 0.25) is 5.02 Å². The van der Waals surface area contributed by atoms with E-state index in [0.717, 1.165) is 23.0 Å². The van der Waals surface area contributed by atoms with Crippen molar-refractivity contribution in [3.05, 3.63) is 47.5 Å². The molecule has 102 valence electrons. The van der Waals surface area contributed by atoms with E-state index < -0.39 is 0 Å². The molecule has 1 atom stereocenters. The Kier molecular flexibility index (Phi) is 3.24. The lowest BCUT2D eigenvalue weighted by molar-refractivity contribution is 0.283. The SMILES string of the molecule is CC1Oc2ccc(N)cc2N=C1Nc1cccc(Cl)c1. The third-order valence-corrected chi connectivity index (χ3v) is 3.24. The molecule has 0 saturated carbocycles. The zero-order valence-electron chi connectivity index (χ0n) is 10.9. The van der Waals surface area contributed by atoms with Crippen LogP contribution in [0.3, 0.4) is 0 Å². The van der Waals surface area contributed by atoms with Crippen LogP contribution in [0.5, 0.6) is 5.75 Å². The summed E-state index contributed by atoms with van der Waals surface area (Å²) < 4.78 is 5.82. The highest BCUT2D eigenvalue weighted by Gasteiger charge is 2.20. The summed E-state index contributed by atoms with van der Waals surface area (Å²) in [6.07, 6.45) is -0.162. The Morgan fingerprint density at radius 3 is 2.90 bits per heavy atom. The van der Waals surface area contributed by atoms with Gasteiger partial charge in [0.05, 0.1) is 0 Å². The van der Waals surface area contributed by atoms with Crippen molar-refractivity contribution in [2.45, 2.75) is 13.0 Å². The van der Waals surface area contributed by atoms with Crippen LogP contribution in [-0.4, -0.2) is 11.9 Å². The van der Waals surface area contributed by atoms with Crippen molar-refractivity contribution in [3.63, 3.8) is 0 Å². The fraction of sp³-hybridized carbons (Fsp3) is 0.133. The Hall–Kier alpha value is -2.20. The molecule has 2 aromatic rings. The molecule has 0 saturated heterocycles. The van der Waals surface area contributed by atoms with Crippen molar-refractivity contribution < 1.29 is 4.74 Å². The zero-order chi connectivity index (χ0) is 14.1. The van der Waals surface area contributed by atoms with E-state index in [9.17, 15) is 0 Å². The Balaban J connectivity index is 1.93. The monoisotopic (exact) mass is 287 g/mol. The van der Waals surface area contributed by atoms with Gasteiger partial charge in [-0.1, -0.05) is 17.7 Å². The number of halogens is 1. The van der Waals surface area contributed by atoms with Gasteiger partial charge in [0.25, 0.3) is 0 Å². The summed E-state index contributed by atoms with van der Waals surface area (Å²) in [5, 5.41) is 3.90. The summed E-state index contributed by atoms with van der Waals surface area (Å²) in [4.78, 5) is 4.57. The lowest BCUT2D eigenvalue weighted by atomic mass is 10.2. The molecule has 0 spiro atoms. The van der Waals surface area contributed by atoms with E-state index in [4.69, 9.17) is 22.1 Å². The maximum absolute atomic E-state index is 5.97. The minimum Gasteiger partial charge on any atom is -0.481 e. The van der Waals surface area contributed by atoms with Gasteiger partial charge in [0.2, 0.25) is 0 Å². The second kappa shape index (κ2) is 5.06. The Labute approximate surface area is 122 Å². The summed E-state index contributed by atoms with van der Waals surface area (Å²) in [6, 6.07) is 12.9. The average molecular weight is 288 g/mol. The highest BCUT2D eigenvalue weighted by atomic mass is 35.5. The fourth-order valence-electron chi connectivity index (χ4n) is 2.03. The van der Waals surface area contributed by atoms with Gasteiger partial charge >= 0.3 is 0 Å². The van der Waals surface area contributed by atoms with Gasteiger partial charge in [-0.05, 0) is 43.3 Å². The predicted octanol–water partition coefficient (Wildman–Crippen LogP) is 3.85. The second-order valence-corrected chi connectivity index (χ2v) is 5.06. The van der Waals surface area contributed by atoms with Crippen molar-refractivity contribution in [1.82, 2.24) is 0 Å². The van der Waals surface area contributed by atoms with E-state index in [1.165, 1.54) is 0 Å². The van der Waals surface area contributed by atoms with Gasteiger partial charge in [-0.2, -0.15) is 0 Å². The molecule has 1 aliphatic rings. The number of hydrogen-bond acceptors (Lipinski definition) is 4. The van der Waals surface area contributed by atoms with Crippen molar-refractivity contribution in [2.24, 2.45) is 4.99 Å². The number of nitrogens with two attached hydrogens (primary N) is 1. The van der Waals surface area contributed by atoms with E-state index in [-0.39, 0.29) is 6.10 Å². The number of amidine groups is 1. The first-order valence-corrected chi connectivity index (χ1v) is 6.67. The molecule has 20 heavy (non-hydrogen) atoms. The van der Waals surface area contributed by atoms with Crippen LogP contribution in [0.15, 0.2) is 47.5 Å². The smallest absolute Gasteiger partial charge is 0.153 e. The Bertz CT molecular complexity index is 685. The van der Waals surface area contributed by atoms with Crippen LogP contribution in [0.25, 0.3) is 0 Å². The molecule has 3 rings (SSSR count). The number of nitrogens with zero attached hydrogens (tertiary/aromatic N) is 1. The van der Waals surface area contributed by atoms with Crippen LogP contribution in [0, 0.1) is 0 Å². The van der Waals surface area contributed by atoms with Crippen LogP contribution in [-0.2, 0) is 0 Å². The summed E-state index contributed by atoms with van der Waals surface area (Å²) in [7, 11) is 0. The summed E-state index contributed by atoms with van der Waals surface area (Å²) in [5.74, 6) is 1.47. The van der Waals surface area contributed by atoms with Gasteiger partial charge in [-0.25, -0.2) is 4.99 Å². The number of anilines is 2. The number of ether oxygens (including phenoxy) is 1. The quantitative estimate of drug-likeness (QED) is 0.783. The number of rotatable bonds is 1. The molecular formula is C15H14ClN3O. The third kappa shape index (κ3) is 2.56. The molecule has 0 fully saturated rings. The molecule has 1 unspecified atom stereocenters. The van der Waals surface area contributed by atoms with Crippen LogP contribution in [0.1, 0.15) is 6.92 Å². The van der Waals surface area contributed by atoms with Crippen molar-refractivity contribution >= 4 is 34.5 Å². The summed E-state index contributed by atoms with van der Waals surface area (Å²) >= 11 is 5.97. The lowest BCUT2D eigenvalue weighted by Crippen LogP contribution is -2.32. The van der Waals surface area contributed by atoms with Crippen molar-refractivity contribution in [2.75, 3.05) is 11.1 Å². The molecule has 1 aliphatic heterocycles. The van der Waals surface area contributed by atoms with E-state index in [0.29, 0.717) is 10.7 Å². The summed E-state index contributed by atoms with van der Waals surface area (Å²) in [5.41, 5.74) is 8.04.